The summed E-state index contributed by atoms with van der Waals surface area (Å²) in [5.74, 6) is 0.957. The Morgan fingerprint density at radius 2 is 1.17 bits per heavy atom. The summed E-state index contributed by atoms with van der Waals surface area (Å²) < 4.78 is 13.4. The van der Waals surface area contributed by atoms with Gasteiger partial charge in [0.15, 0.2) is 0 Å². The minimum atomic E-state index is -2.63. The third-order valence-electron chi connectivity index (χ3n) is 7.42. The highest BCUT2D eigenvalue weighted by Crippen LogP contribution is 2.41. The fraction of sp³-hybridized carbons (Fsp3) is 0.515. The molecule has 0 N–H and O–H groups in total. The van der Waals surface area contributed by atoms with Crippen molar-refractivity contribution >= 4 is 18.7 Å². The van der Waals surface area contributed by atoms with Gasteiger partial charge in [-0.1, -0.05) is 153 Å². The molecule has 0 spiro atoms. The van der Waals surface area contributed by atoms with Gasteiger partial charge in [-0.25, -0.2) is 0 Å². The van der Waals surface area contributed by atoms with Crippen molar-refractivity contribution in [2.75, 3.05) is 0 Å². The molecule has 3 aromatic rings. The molecule has 1 atom stereocenters. The Balaban J connectivity index is 1.75. The van der Waals surface area contributed by atoms with Crippen LogP contribution in [0.1, 0.15) is 110 Å². The third kappa shape index (κ3) is 7.70. The van der Waals surface area contributed by atoms with Gasteiger partial charge in [-0.05, 0) is 34.0 Å². The molecule has 0 saturated heterocycles. The second-order valence-corrected chi connectivity index (χ2v) is 15.5. The monoisotopic (exact) mass is 504 g/mol. The van der Waals surface area contributed by atoms with Gasteiger partial charge in [0.2, 0.25) is 0 Å². The number of hydrogen-bond acceptors (Lipinski definition) is 2. The average molecular weight is 505 g/mol. The van der Waals surface area contributed by atoms with Gasteiger partial charge in [-0.3, -0.25) is 0 Å². The number of unbranched alkanes of at least 4 members (excludes halogenated alkanes) is 9. The van der Waals surface area contributed by atoms with Crippen LogP contribution >= 0.6 is 0 Å². The fourth-order valence-electron chi connectivity index (χ4n) is 5.46. The summed E-state index contributed by atoms with van der Waals surface area (Å²) in [6.45, 7) is 9.32. The van der Waals surface area contributed by atoms with Crippen molar-refractivity contribution in [3.05, 3.63) is 84.8 Å². The highest BCUT2D eigenvalue weighted by atomic mass is 28.4. The van der Waals surface area contributed by atoms with E-state index < -0.39 is 8.32 Å². The van der Waals surface area contributed by atoms with Gasteiger partial charge in [0, 0.05) is 0 Å². The van der Waals surface area contributed by atoms with Gasteiger partial charge in [-0.15, -0.1) is 0 Å². The molecule has 196 valence electrons. The van der Waals surface area contributed by atoms with Crippen molar-refractivity contribution in [1.29, 1.82) is 0 Å². The lowest BCUT2D eigenvalue weighted by Crippen LogP contribution is -2.66. The van der Waals surface area contributed by atoms with E-state index in [1.807, 2.05) is 6.07 Å². The fourth-order valence-corrected chi connectivity index (χ4v) is 10.1. The normalized spacial score (nSPS) is 13.1. The summed E-state index contributed by atoms with van der Waals surface area (Å²) >= 11 is 0. The third-order valence-corrected chi connectivity index (χ3v) is 12.5. The van der Waals surface area contributed by atoms with E-state index in [0.29, 0.717) is 0 Å². The lowest BCUT2D eigenvalue weighted by molar-refractivity contribution is 0.150. The van der Waals surface area contributed by atoms with Crippen LogP contribution in [0.25, 0.3) is 0 Å². The van der Waals surface area contributed by atoms with Gasteiger partial charge in [0.05, 0.1) is 6.26 Å². The molecule has 1 heterocycles. The van der Waals surface area contributed by atoms with Crippen molar-refractivity contribution in [3.8, 4) is 0 Å². The van der Waals surface area contributed by atoms with Gasteiger partial charge < -0.3 is 8.84 Å². The molecular formula is C33H48O2Si. The summed E-state index contributed by atoms with van der Waals surface area (Å²) in [5.41, 5.74) is 0. The maximum absolute atomic E-state index is 7.45. The number of benzene rings is 2. The molecule has 1 aromatic heterocycles. The van der Waals surface area contributed by atoms with Crippen LogP contribution in [0.2, 0.25) is 5.04 Å². The molecule has 2 aromatic carbocycles. The quantitative estimate of drug-likeness (QED) is 0.143. The molecule has 0 unspecified atom stereocenters. The number of hydrogen-bond donors (Lipinski definition) is 0. The zero-order valence-electron chi connectivity index (χ0n) is 23.2. The maximum Gasteiger partial charge on any atom is 0.262 e. The standard InChI is InChI=1S/C33H48O2Si/c1-5-6-7-8-9-10-11-12-13-20-26-32(31-27-21-28-34-31)35-36(33(2,3)4,29-22-16-14-17-23-29)30-24-18-15-19-25-30/h14-19,21-25,27-28,32H,5-13,20,26H2,1-4H3/t32-/m0/s1. The number of rotatable bonds is 16. The largest absolute Gasteiger partial charge is 0.467 e. The van der Waals surface area contributed by atoms with Crippen LogP contribution in [-0.4, -0.2) is 8.32 Å². The zero-order chi connectivity index (χ0) is 25.7. The van der Waals surface area contributed by atoms with Gasteiger partial charge in [-0.2, -0.15) is 0 Å². The molecule has 0 aliphatic carbocycles. The Morgan fingerprint density at radius 1 is 0.667 bits per heavy atom. The summed E-state index contributed by atoms with van der Waals surface area (Å²) in [4.78, 5) is 0. The van der Waals surface area contributed by atoms with E-state index in [2.05, 4.69) is 94.4 Å². The van der Waals surface area contributed by atoms with Crippen molar-refractivity contribution in [3.63, 3.8) is 0 Å². The Bertz CT molecular complexity index is 905. The van der Waals surface area contributed by atoms with Crippen LogP contribution in [0.3, 0.4) is 0 Å². The Morgan fingerprint density at radius 3 is 1.61 bits per heavy atom. The topological polar surface area (TPSA) is 22.4 Å². The first-order chi connectivity index (χ1) is 17.5. The van der Waals surface area contributed by atoms with Gasteiger partial charge in [0.1, 0.15) is 11.9 Å². The first kappa shape index (κ1) is 28.5. The van der Waals surface area contributed by atoms with Crippen LogP contribution in [-0.2, 0) is 4.43 Å². The molecule has 3 heteroatoms. The minimum Gasteiger partial charge on any atom is -0.467 e. The lowest BCUT2D eigenvalue weighted by Gasteiger charge is -2.45. The predicted octanol–water partition coefficient (Wildman–Crippen LogP) is 9.21. The first-order valence-electron chi connectivity index (χ1n) is 14.3. The SMILES string of the molecule is CCCCCCCCCCCC[C@H](O[Si](c1ccccc1)(c1ccccc1)C(C)(C)C)c1ccco1. The summed E-state index contributed by atoms with van der Waals surface area (Å²) in [7, 11) is -2.63. The molecule has 0 fully saturated rings. The summed E-state index contributed by atoms with van der Waals surface area (Å²) in [6, 6.07) is 26.0. The van der Waals surface area contributed by atoms with Gasteiger partial charge >= 0.3 is 0 Å². The number of furan rings is 1. The second-order valence-electron chi connectivity index (χ2n) is 11.3. The van der Waals surface area contributed by atoms with Crippen LogP contribution in [0.4, 0.5) is 0 Å². The molecule has 0 bridgehead atoms. The summed E-state index contributed by atoms with van der Waals surface area (Å²) in [6.07, 6.45) is 16.1. The van der Waals surface area contributed by atoms with E-state index >= 15 is 0 Å². The molecule has 0 aliphatic heterocycles. The molecule has 36 heavy (non-hydrogen) atoms. The van der Waals surface area contributed by atoms with Gasteiger partial charge in [0.25, 0.3) is 8.32 Å². The lowest BCUT2D eigenvalue weighted by atomic mass is 10.0. The highest BCUT2D eigenvalue weighted by Gasteiger charge is 2.51. The van der Waals surface area contributed by atoms with Crippen LogP contribution in [0.5, 0.6) is 0 Å². The molecule has 0 radical (unpaired) electrons. The Hall–Kier alpha value is -2.10. The molecule has 2 nitrogen and oxygen atoms in total. The van der Waals surface area contributed by atoms with Crippen molar-refractivity contribution in [1.82, 2.24) is 0 Å². The van der Waals surface area contributed by atoms with E-state index in [-0.39, 0.29) is 11.1 Å². The van der Waals surface area contributed by atoms with Crippen molar-refractivity contribution in [2.45, 2.75) is 109 Å². The highest BCUT2D eigenvalue weighted by molar-refractivity contribution is 6.99. The second kappa shape index (κ2) is 14.6. The molecule has 0 saturated carbocycles. The molecule has 0 aliphatic rings. The Labute approximate surface area is 221 Å². The molecule has 0 amide bonds. The summed E-state index contributed by atoms with van der Waals surface area (Å²) in [5, 5.41) is 2.60. The maximum atomic E-state index is 7.45. The molecular weight excluding hydrogens is 456 g/mol. The van der Waals surface area contributed by atoms with Crippen LogP contribution in [0, 0.1) is 0 Å². The van der Waals surface area contributed by atoms with E-state index in [4.69, 9.17) is 8.84 Å². The average Bonchev–Trinajstić information content (AvgIpc) is 3.42. The molecule has 3 rings (SSSR count). The smallest absolute Gasteiger partial charge is 0.262 e. The van der Waals surface area contributed by atoms with Crippen LogP contribution in [0.15, 0.2) is 83.5 Å². The van der Waals surface area contributed by atoms with E-state index in [9.17, 15) is 0 Å². The van der Waals surface area contributed by atoms with Crippen molar-refractivity contribution < 1.29 is 8.84 Å². The van der Waals surface area contributed by atoms with E-state index in [0.717, 1.165) is 12.2 Å². The first-order valence-corrected chi connectivity index (χ1v) is 16.2. The van der Waals surface area contributed by atoms with E-state index in [1.165, 1.54) is 74.6 Å². The predicted molar refractivity (Wildman–Crippen MR) is 157 cm³/mol. The van der Waals surface area contributed by atoms with Crippen LogP contribution < -0.4 is 10.4 Å². The zero-order valence-corrected chi connectivity index (χ0v) is 24.2. The Kier molecular flexibility index (Phi) is 11.5. The van der Waals surface area contributed by atoms with Crippen molar-refractivity contribution in [2.24, 2.45) is 0 Å². The minimum absolute atomic E-state index is 0.0413. The van der Waals surface area contributed by atoms with E-state index in [1.54, 1.807) is 6.26 Å².